The van der Waals surface area contributed by atoms with Crippen molar-refractivity contribution in [1.29, 1.82) is 0 Å². The summed E-state index contributed by atoms with van der Waals surface area (Å²) < 4.78 is 5.87. The minimum atomic E-state index is 0. The number of nitrogens with zero attached hydrogens (tertiary/aromatic N) is 1. The van der Waals surface area contributed by atoms with Crippen LogP contribution in [0, 0.1) is 6.92 Å². The molecule has 24 heavy (non-hydrogen) atoms. The third-order valence-corrected chi connectivity index (χ3v) is 3.88. The lowest BCUT2D eigenvalue weighted by Crippen LogP contribution is -2.12. The van der Waals surface area contributed by atoms with Crippen LogP contribution in [-0.2, 0) is 13.1 Å². The Morgan fingerprint density at radius 2 is 1.92 bits per heavy atom. The van der Waals surface area contributed by atoms with Gasteiger partial charge < -0.3 is 9.73 Å². The zero-order valence-corrected chi connectivity index (χ0v) is 15.5. The van der Waals surface area contributed by atoms with E-state index < -0.39 is 0 Å². The number of aryl methyl sites for hydroxylation is 1. The first-order valence-electron chi connectivity index (χ1n) is 7.17. The summed E-state index contributed by atoms with van der Waals surface area (Å²) in [5.41, 5.74) is 3.21. The minimum Gasteiger partial charge on any atom is -0.460 e. The van der Waals surface area contributed by atoms with E-state index in [1.165, 1.54) is 0 Å². The van der Waals surface area contributed by atoms with Crippen LogP contribution in [0.2, 0.25) is 5.02 Å². The summed E-state index contributed by atoms with van der Waals surface area (Å²) in [6.45, 7) is 3.43. The molecule has 2 heterocycles. The van der Waals surface area contributed by atoms with E-state index in [2.05, 4.69) is 10.3 Å². The Morgan fingerprint density at radius 3 is 2.62 bits per heavy atom. The van der Waals surface area contributed by atoms with Crippen molar-refractivity contribution < 1.29 is 4.42 Å². The number of hydrogen-bond donors (Lipinski definition) is 1. The second kappa shape index (κ2) is 9.70. The molecule has 128 valence electrons. The summed E-state index contributed by atoms with van der Waals surface area (Å²) in [6, 6.07) is 13.9. The van der Waals surface area contributed by atoms with Crippen LogP contribution in [0.4, 0.5) is 0 Å². The summed E-state index contributed by atoms with van der Waals surface area (Å²) in [7, 11) is 0. The summed E-state index contributed by atoms with van der Waals surface area (Å²) in [5, 5.41) is 4.10. The highest BCUT2D eigenvalue weighted by atomic mass is 35.5. The molecule has 0 fully saturated rings. The average molecular weight is 386 g/mol. The van der Waals surface area contributed by atoms with Crippen molar-refractivity contribution in [2.75, 3.05) is 0 Å². The fraction of sp³-hybridized carbons (Fsp3) is 0.167. The third kappa shape index (κ3) is 5.25. The molecule has 0 aliphatic carbocycles. The molecule has 0 radical (unpaired) electrons. The SMILES string of the molecule is Cc1ccc(-c2ccc(CNCc3cccnc3)o2)cc1Cl.Cl.Cl. The molecule has 6 heteroatoms. The lowest BCUT2D eigenvalue weighted by molar-refractivity contribution is 0.493. The van der Waals surface area contributed by atoms with Gasteiger partial charge in [-0.25, -0.2) is 0 Å². The van der Waals surface area contributed by atoms with Gasteiger partial charge in [-0.15, -0.1) is 24.8 Å². The number of benzene rings is 1. The van der Waals surface area contributed by atoms with E-state index in [4.69, 9.17) is 16.0 Å². The van der Waals surface area contributed by atoms with Gasteiger partial charge in [0, 0.05) is 29.5 Å². The molecule has 0 saturated heterocycles. The van der Waals surface area contributed by atoms with Gasteiger partial charge in [-0.2, -0.15) is 0 Å². The van der Waals surface area contributed by atoms with Crippen molar-refractivity contribution in [3.63, 3.8) is 0 Å². The van der Waals surface area contributed by atoms with Crippen LogP contribution < -0.4 is 5.32 Å². The third-order valence-electron chi connectivity index (χ3n) is 3.47. The molecule has 2 aromatic heterocycles. The average Bonchev–Trinajstić information content (AvgIpc) is 3.00. The normalized spacial score (nSPS) is 9.92. The minimum absolute atomic E-state index is 0. The predicted molar refractivity (Wildman–Crippen MR) is 103 cm³/mol. The van der Waals surface area contributed by atoms with Crippen LogP contribution in [0.3, 0.4) is 0 Å². The second-order valence-electron chi connectivity index (χ2n) is 5.19. The summed E-state index contributed by atoms with van der Waals surface area (Å²) in [6.07, 6.45) is 3.63. The highest BCUT2D eigenvalue weighted by Crippen LogP contribution is 2.26. The molecule has 3 aromatic rings. The molecular weight excluding hydrogens is 367 g/mol. The Kier molecular flexibility index (Phi) is 8.29. The fourth-order valence-corrected chi connectivity index (χ4v) is 2.39. The number of hydrogen-bond acceptors (Lipinski definition) is 3. The maximum Gasteiger partial charge on any atom is 0.134 e. The quantitative estimate of drug-likeness (QED) is 0.636. The molecule has 0 bridgehead atoms. The Labute approximate surface area is 159 Å². The monoisotopic (exact) mass is 384 g/mol. The second-order valence-corrected chi connectivity index (χ2v) is 5.60. The molecule has 3 nitrogen and oxygen atoms in total. The zero-order valence-electron chi connectivity index (χ0n) is 13.2. The highest BCUT2D eigenvalue weighted by molar-refractivity contribution is 6.31. The van der Waals surface area contributed by atoms with E-state index in [0.717, 1.165) is 39.8 Å². The van der Waals surface area contributed by atoms with Gasteiger partial charge in [-0.1, -0.05) is 29.8 Å². The van der Waals surface area contributed by atoms with Gasteiger partial charge in [0.2, 0.25) is 0 Å². The molecule has 3 rings (SSSR count). The number of halogens is 3. The van der Waals surface area contributed by atoms with Crippen molar-refractivity contribution in [3.05, 3.63) is 76.8 Å². The molecule has 0 aliphatic heterocycles. The first kappa shape index (κ1) is 20.5. The van der Waals surface area contributed by atoms with E-state index in [0.29, 0.717) is 6.54 Å². The number of furan rings is 1. The highest BCUT2D eigenvalue weighted by Gasteiger charge is 2.06. The number of rotatable bonds is 5. The molecule has 0 unspecified atom stereocenters. The van der Waals surface area contributed by atoms with Crippen LogP contribution in [-0.4, -0.2) is 4.98 Å². The van der Waals surface area contributed by atoms with Gasteiger partial charge >= 0.3 is 0 Å². The Bertz CT molecular complexity index is 760. The first-order chi connectivity index (χ1) is 10.7. The van der Waals surface area contributed by atoms with Crippen molar-refractivity contribution >= 4 is 36.4 Å². The zero-order chi connectivity index (χ0) is 15.4. The van der Waals surface area contributed by atoms with Gasteiger partial charge in [0.05, 0.1) is 6.54 Å². The van der Waals surface area contributed by atoms with Gasteiger partial charge in [0.25, 0.3) is 0 Å². The van der Waals surface area contributed by atoms with Crippen molar-refractivity contribution in [2.24, 2.45) is 0 Å². The molecule has 0 aliphatic rings. The standard InChI is InChI=1S/C18H17ClN2O.2ClH/c1-13-4-5-15(9-17(13)19)18-7-6-16(22-18)12-21-11-14-3-2-8-20-10-14;;/h2-10,21H,11-12H2,1H3;2*1H. The molecule has 1 aromatic carbocycles. The van der Waals surface area contributed by atoms with Crippen LogP contribution >= 0.6 is 36.4 Å². The number of pyridine rings is 1. The lowest BCUT2D eigenvalue weighted by Gasteiger charge is -2.03. The van der Waals surface area contributed by atoms with Gasteiger partial charge in [0.1, 0.15) is 11.5 Å². The fourth-order valence-electron chi connectivity index (χ4n) is 2.21. The van der Waals surface area contributed by atoms with E-state index >= 15 is 0 Å². The van der Waals surface area contributed by atoms with Crippen LogP contribution in [0.15, 0.2) is 59.3 Å². The Hall–Kier alpha value is -1.52. The van der Waals surface area contributed by atoms with Crippen molar-refractivity contribution in [3.8, 4) is 11.3 Å². The van der Waals surface area contributed by atoms with Crippen LogP contribution in [0.25, 0.3) is 11.3 Å². The van der Waals surface area contributed by atoms with Gasteiger partial charge in [-0.3, -0.25) is 4.98 Å². The smallest absolute Gasteiger partial charge is 0.134 e. The lowest BCUT2D eigenvalue weighted by atomic mass is 10.1. The van der Waals surface area contributed by atoms with E-state index in [-0.39, 0.29) is 24.8 Å². The molecule has 1 N–H and O–H groups in total. The van der Waals surface area contributed by atoms with Gasteiger partial charge in [-0.05, 0) is 42.3 Å². The largest absolute Gasteiger partial charge is 0.460 e. The molecule has 0 saturated carbocycles. The Morgan fingerprint density at radius 1 is 1.08 bits per heavy atom. The molecular formula is C18H19Cl3N2O. The van der Waals surface area contributed by atoms with Crippen LogP contribution in [0.1, 0.15) is 16.9 Å². The van der Waals surface area contributed by atoms with Crippen molar-refractivity contribution in [2.45, 2.75) is 20.0 Å². The molecule has 0 atom stereocenters. The van der Waals surface area contributed by atoms with Crippen molar-refractivity contribution in [1.82, 2.24) is 10.3 Å². The van der Waals surface area contributed by atoms with E-state index in [9.17, 15) is 0 Å². The van der Waals surface area contributed by atoms with Gasteiger partial charge in [0.15, 0.2) is 0 Å². The number of aromatic nitrogens is 1. The maximum absolute atomic E-state index is 6.16. The van der Waals surface area contributed by atoms with Crippen LogP contribution in [0.5, 0.6) is 0 Å². The molecule has 0 spiro atoms. The summed E-state index contributed by atoms with van der Waals surface area (Å²) >= 11 is 6.16. The topological polar surface area (TPSA) is 38.1 Å². The summed E-state index contributed by atoms with van der Waals surface area (Å²) in [4.78, 5) is 4.09. The maximum atomic E-state index is 6.16. The molecule has 0 amide bonds. The predicted octanol–water partition coefficient (Wildman–Crippen LogP) is 5.44. The Balaban J connectivity index is 0.00000144. The summed E-state index contributed by atoms with van der Waals surface area (Å²) in [5.74, 6) is 1.73. The first-order valence-corrected chi connectivity index (χ1v) is 7.55. The van der Waals surface area contributed by atoms with E-state index in [1.807, 2.05) is 55.6 Å². The van der Waals surface area contributed by atoms with E-state index in [1.54, 1.807) is 6.20 Å². The number of nitrogens with one attached hydrogen (secondary N) is 1.